The smallest absolute Gasteiger partial charge is 0.310 e. The summed E-state index contributed by atoms with van der Waals surface area (Å²) in [4.78, 5) is 15.5. The van der Waals surface area contributed by atoms with Crippen molar-refractivity contribution in [1.29, 1.82) is 0 Å². The number of carbonyl (C=O) groups excluding carboxylic acids is 1. The minimum atomic E-state index is -0.387. The molecular formula is C25H29NO7. The van der Waals surface area contributed by atoms with Gasteiger partial charge in [0.15, 0.2) is 23.0 Å². The number of cyclic esters (lactones) is 1. The normalized spacial score (nSPS) is 24.9. The number of fused-ring (bicyclic) bond motifs is 3. The van der Waals surface area contributed by atoms with Crippen LogP contribution in [-0.2, 0) is 9.53 Å². The molecule has 0 saturated carbocycles. The highest BCUT2D eigenvalue weighted by Gasteiger charge is 2.53. The van der Waals surface area contributed by atoms with Gasteiger partial charge in [0.1, 0.15) is 0 Å². The Morgan fingerprint density at radius 1 is 0.970 bits per heavy atom. The van der Waals surface area contributed by atoms with Gasteiger partial charge in [0.2, 0.25) is 12.5 Å². The van der Waals surface area contributed by atoms with Crippen LogP contribution in [0.2, 0.25) is 0 Å². The van der Waals surface area contributed by atoms with Crippen molar-refractivity contribution in [2.24, 2.45) is 11.8 Å². The third-order valence-electron chi connectivity index (χ3n) is 7.22. The molecule has 33 heavy (non-hydrogen) atoms. The number of nitrogens with zero attached hydrogens (tertiary/aromatic N) is 1. The zero-order valence-electron chi connectivity index (χ0n) is 19.3. The maximum Gasteiger partial charge on any atom is 0.310 e. The van der Waals surface area contributed by atoms with Crippen LogP contribution in [0.5, 0.6) is 28.7 Å². The summed E-state index contributed by atoms with van der Waals surface area (Å²) >= 11 is 0. The van der Waals surface area contributed by atoms with Crippen LogP contribution in [-0.4, -0.2) is 56.7 Å². The quantitative estimate of drug-likeness (QED) is 0.663. The largest absolute Gasteiger partial charge is 0.502 e. The van der Waals surface area contributed by atoms with Crippen LogP contribution in [0.4, 0.5) is 0 Å². The van der Waals surface area contributed by atoms with E-state index in [4.69, 9.17) is 23.7 Å². The number of benzene rings is 2. The highest BCUT2D eigenvalue weighted by molar-refractivity contribution is 5.79. The van der Waals surface area contributed by atoms with E-state index in [2.05, 4.69) is 24.8 Å². The van der Waals surface area contributed by atoms with E-state index in [1.54, 1.807) is 12.1 Å². The predicted octanol–water partition coefficient (Wildman–Crippen LogP) is 3.46. The monoisotopic (exact) mass is 455 g/mol. The standard InChI is InChI=1S/C25H29NO7/c1-5-26(6-2)23-15-10-18-17(32-12-33-18)9-14(15)21(22-16(23)11-31-25(22)28)13-7-19(29-3)24(27)20(8-13)30-4/h7-10,16,21-23,27H,5-6,11-12H2,1-4H3/t16-,21+,22-,23+/m0/s1. The van der Waals surface area contributed by atoms with Gasteiger partial charge in [-0.15, -0.1) is 0 Å². The molecule has 1 fully saturated rings. The predicted molar refractivity (Wildman–Crippen MR) is 119 cm³/mol. The Bertz CT molecular complexity index is 1060. The second-order valence-corrected chi connectivity index (χ2v) is 8.57. The molecule has 2 aromatic rings. The third kappa shape index (κ3) is 3.27. The van der Waals surface area contributed by atoms with Crippen LogP contribution >= 0.6 is 0 Å². The first-order chi connectivity index (χ1) is 16.0. The van der Waals surface area contributed by atoms with E-state index < -0.39 is 0 Å². The fourth-order valence-electron chi connectivity index (χ4n) is 5.71. The van der Waals surface area contributed by atoms with E-state index in [1.807, 2.05) is 6.07 Å². The van der Waals surface area contributed by atoms with E-state index in [0.29, 0.717) is 29.6 Å². The lowest BCUT2D eigenvalue weighted by atomic mass is 9.65. The van der Waals surface area contributed by atoms with Crippen molar-refractivity contribution in [1.82, 2.24) is 4.90 Å². The molecule has 2 aromatic carbocycles. The second-order valence-electron chi connectivity index (χ2n) is 8.57. The van der Waals surface area contributed by atoms with Gasteiger partial charge < -0.3 is 28.8 Å². The van der Waals surface area contributed by atoms with Gasteiger partial charge in [-0.3, -0.25) is 9.69 Å². The number of phenolic OH excluding ortho intramolecular Hbond substituents is 1. The first kappa shape index (κ1) is 21.7. The van der Waals surface area contributed by atoms with E-state index in [9.17, 15) is 9.90 Å². The van der Waals surface area contributed by atoms with Crippen LogP contribution in [0.3, 0.4) is 0 Å². The minimum Gasteiger partial charge on any atom is -0.502 e. The summed E-state index contributed by atoms with van der Waals surface area (Å²) in [5.41, 5.74) is 2.91. The molecule has 176 valence electrons. The number of esters is 1. The maximum atomic E-state index is 13.1. The van der Waals surface area contributed by atoms with E-state index in [1.165, 1.54) is 14.2 Å². The number of hydrogen-bond acceptors (Lipinski definition) is 8. The van der Waals surface area contributed by atoms with Crippen LogP contribution in [0, 0.1) is 11.8 Å². The Balaban J connectivity index is 1.76. The lowest BCUT2D eigenvalue weighted by Crippen LogP contribution is -2.43. The van der Waals surface area contributed by atoms with Crippen molar-refractivity contribution in [3.05, 3.63) is 41.0 Å². The molecule has 8 heteroatoms. The highest BCUT2D eigenvalue weighted by Crippen LogP contribution is 2.56. The maximum absolute atomic E-state index is 13.1. The number of hydrogen-bond donors (Lipinski definition) is 1. The third-order valence-corrected chi connectivity index (χ3v) is 7.22. The van der Waals surface area contributed by atoms with Gasteiger partial charge in [0, 0.05) is 17.9 Å². The number of ether oxygens (including phenoxy) is 5. The Labute approximate surface area is 192 Å². The molecule has 8 nitrogen and oxygen atoms in total. The molecule has 2 heterocycles. The average molecular weight is 456 g/mol. The molecule has 4 atom stereocenters. The summed E-state index contributed by atoms with van der Waals surface area (Å²) in [6.07, 6.45) is 0. The van der Waals surface area contributed by atoms with E-state index in [0.717, 1.165) is 29.8 Å². The Kier molecular flexibility index (Phi) is 5.48. The van der Waals surface area contributed by atoms with E-state index >= 15 is 0 Å². The topological polar surface area (TPSA) is 86.7 Å². The Hall–Kier alpha value is -3.13. The minimum absolute atomic E-state index is 0.0121. The van der Waals surface area contributed by atoms with Gasteiger partial charge in [0.25, 0.3) is 0 Å². The van der Waals surface area contributed by atoms with Crippen LogP contribution < -0.4 is 18.9 Å². The summed E-state index contributed by atoms with van der Waals surface area (Å²) in [6.45, 7) is 6.49. The molecule has 0 aromatic heterocycles. The SMILES string of the molecule is CCN(CC)[C@@H]1c2cc3c(cc2[C@@H](c2cc(OC)c(O)c(OC)c2)[C@H]2C(=O)OC[C@@H]21)OCO3. The van der Waals surface area contributed by atoms with Crippen molar-refractivity contribution >= 4 is 5.97 Å². The average Bonchev–Trinajstić information content (AvgIpc) is 3.44. The highest BCUT2D eigenvalue weighted by atomic mass is 16.7. The second kappa shape index (κ2) is 8.33. The van der Waals surface area contributed by atoms with Crippen LogP contribution in [0.25, 0.3) is 0 Å². The van der Waals surface area contributed by atoms with Crippen molar-refractivity contribution in [2.75, 3.05) is 40.7 Å². The number of carbonyl (C=O) groups is 1. The summed E-state index contributed by atoms with van der Waals surface area (Å²) in [5.74, 6) is 0.955. The molecule has 0 amide bonds. The first-order valence-electron chi connectivity index (χ1n) is 11.3. The fourth-order valence-corrected chi connectivity index (χ4v) is 5.71. The first-order valence-corrected chi connectivity index (χ1v) is 11.3. The molecule has 5 rings (SSSR count). The number of rotatable bonds is 6. The molecule has 1 aliphatic carbocycles. The Morgan fingerprint density at radius 3 is 2.15 bits per heavy atom. The van der Waals surface area contributed by atoms with Gasteiger partial charge in [-0.05, 0) is 54.0 Å². The summed E-state index contributed by atoms with van der Waals surface area (Å²) in [7, 11) is 2.99. The molecule has 1 N–H and O–H groups in total. The van der Waals surface area contributed by atoms with Gasteiger partial charge in [-0.1, -0.05) is 13.8 Å². The van der Waals surface area contributed by atoms with Crippen LogP contribution in [0.15, 0.2) is 24.3 Å². The molecule has 0 bridgehead atoms. The van der Waals surface area contributed by atoms with Crippen molar-refractivity contribution < 1.29 is 33.6 Å². The van der Waals surface area contributed by atoms with Crippen molar-refractivity contribution in [3.63, 3.8) is 0 Å². The molecule has 1 saturated heterocycles. The molecular weight excluding hydrogens is 426 g/mol. The number of methoxy groups -OCH3 is 2. The summed E-state index contributed by atoms with van der Waals surface area (Å²) in [5, 5.41) is 10.5. The molecule has 2 aliphatic heterocycles. The fraction of sp³-hybridized carbons (Fsp3) is 0.480. The zero-order chi connectivity index (χ0) is 23.3. The molecule has 3 aliphatic rings. The van der Waals surface area contributed by atoms with Crippen molar-refractivity contribution in [3.8, 4) is 28.7 Å². The lowest BCUT2D eigenvalue weighted by molar-refractivity contribution is -0.141. The lowest BCUT2D eigenvalue weighted by Gasteiger charge is -2.43. The van der Waals surface area contributed by atoms with Gasteiger partial charge in [0.05, 0.1) is 26.7 Å². The number of phenols is 1. The zero-order valence-corrected chi connectivity index (χ0v) is 19.3. The van der Waals surface area contributed by atoms with Crippen molar-refractivity contribution in [2.45, 2.75) is 25.8 Å². The van der Waals surface area contributed by atoms with Gasteiger partial charge in [-0.2, -0.15) is 0 Å². The molecule has 0 unspecified atom stereocenters. The molecule has 0 radical (unpaired) electrons. The number of aromatic hydroxyl groups is 1. The summed E-state index contributed by atoms with van der Waals surface area (Å²) in [6, 6.07) is 7.61. The van der Waals surface area contributed by atoms with Gasteiger partial charge in [-0.25, -0.2) is 0 Å². The van der Waals surface area contributed by atoms with Crippen LogP contribution in [0.1, 0.15) is 42.5 Å². The van der Waals surface area contributed by atoms with Gasteiger partial charge >= 0.3 is 5.97 Å². The van der Waals surface area contributed by atoms with E-state index in [-0.39, 0.29) is 42.3 Å². The molecule has 0 spiro atoms. The Morgan fingerprint density at radius 2 is 1.58 bits per heavy atom. The summed E-state index contributed by atoms with van der Waals surface area (Å²) < 4.78 is 27.9.